The molecule has 102 valence electrons. The summed E-state index contributed by atoms with van der Waals surface area (Å²) in [5.74, 6) is 1.18. The summed E-state index contributed by atoms with van der Waals surface area (Å²) in [5.41, 5.74) is 5.77. The molecule has 0 radical (unpaired) electrons. The molecule has 3 N–H and O–H groups in total. The molecule has 3 unspecified atom stereocenters. The van der Waals surface area contributed by atoms with Crippen LogP contribution >= 0.6 is 0 Å². The molecule has 1 aliphatic carbocycles. The van der Waals surface area contributed by atoms with Gasteiger partial charge in [-0.05, 0) is 38.1 Å². The van der Waals surface area contributed by atoms with E-state index in [0.29, 0.717) is 31.7 Å². The van der Waals surface area contributed by atoms with Gasteiger partial charge in [0.25, 0.3) is 0 Å². The average Bonchev–Trinajstić information content (AvgIpc) is 2.37. The second-order valence-electron chi connectivity index (χ2n) is 4.89. The number of ether oxygens (including phenoxy) is 2. The summed E-state index contributed by atoms with van der Waals surface area (Å²) in [6, 6.07) is 0. The first kappa shape index (κ1) is 14.9. The molecule has 0 aromatic heterocycles. The van der Waals surface area contributed by atoms with Crippen molar-refractivity contribution in [3.63, 3.8) is 0 Å². The summed E-state index contributed by atoms with van der Waals surface area (Å²) >= 11 is 0. The van der Waals surface area contributed by atoms with Crippen molar-refractivity contribution >= 4 is 0 Å². The van der Waals surface area contributed by atoms with E-state index in [1.807, 2.05) is 6.92 Å². The van der Waals surface area contributed by atoms with Crippen molar-refractivity contribution in [3.05, 3.63) is 0 Å². The average molecular weight is 245 g/mol. The first-order valence-electron chi connectivity index (χ1n) is 6.81. The van der Waals surface area contributed by atoms with Crippen LogP contribution < -0.4 is 5.73 Å². The molecule has 1 fully saturated rings. The fourth-order valence-electron chi connectivity index (χ4n) is 2.47. The van der Waals surface area contributed by atoms with Gasteiger partial charge in [-0.2, -0.15) is 0 Å². The van der Waals surface area contributed by atoms with Crippen LogP contribution in [0.4, 0.5) is 0 Å². The normalized spacial score (nSPS) is 27.0. The Morgan fingerprint density at radius 1 is 1.18 bits per heavy atom. The van der Waals surface area contributed by atoms with E-state index in [0.717, 1.165) is 13.2 Å². The van der Waals surface area contributed by atoms with Crippen LogP contribution in [0, 0.1) is 11.8 Å². The monoisotopic (exact) mass is 245 g/mol. The number of aliphatic hydroxyl groups excluding tert-OH is 1. The van der Waals surface area contributed by atoms with Crippen LogP contribution in [0.15, 0.2) is 0 Å². The van der Waals surface area contributed by atoms with Crippen LogP contribution in [-0.4, -0.2) is 44.2 Å². The summed E-state index contributed by atoms with van der Waals surface area (Å²) in [6.07, 6.45) is 4.52. The van der Waals surface area contributed by atoms with E-state index in [9.17, 15) is 5.11 Å². The van der Waals surface area contributed by atoms with Gasteiger partial charge in [-0.1, -0.05) is 12.8 Å². The van der Waals surface area contributed by atoms with E-state index in [4.69, 9.17) is 15.2 Å². The Bertz CT molecular complexity index is 190. The molecule has 17 heavy (non-hydrogen) atoms. The van der Waals surface area contributed by atoms with Crippen molar-refractivity contribution in [2.75, 3.05) is 33.0 Å². The van der Waals surface area contributed by atoms with Crippen molar-refractivity contribution in [1.29, 1.82) is 0 Å². The van der Waals surface area contributed by atoms with Crippen molar-refractivity contribution < 1.29 is 14.6 Å². The lowest BCUT2D eigenvalue weighted by molar-refractivity contribution is -0.0315. The van der Waals surface area contributed by atoms with E-state index in [2.05, 4.69) is 0 Å². The van der Waals surface area contributed by atoms with E-state index >= 15 is 0 Å². The van der Waals surface area contributed by atoms with Crippen LogP contribution in [0.1, 0.15) is 32.6 Å². The summed E-state index contributed by atoms with van der Waals surface area (Å²) < 4.78 is 10.7. The molecular weight excluding hydrogens is 218 g/mol. The van der Waals surface area contributed by atoms with E-state index in [1.54, 1.807) is 0 Å². The maximum absolute atomic E-state index is 9.56. The van der Waals surface area contributed by atoms with Gasteiger partial charge in [0.2, 0.25) is 0 Å². The molecule has 4 nitrogen and oxygen atoms in total. The minimum absolute atomic E-state index is 0.363. The predicted octanol–water partition coefficient (Wildman–Crippen LogP) is 1.17. The van der Waals surface area contributed by atoms with E-state index < -0.39 is 6.10 Å². The molecule has 0 amide bonds. The van der Waals surface area contributed by atoms with E-state index in [-0.39, 0.29) is 0 Å². The lowest BCUT2D eigenvalue weighted by Crippen LogP contribution is -2.31. The summed E-state index contributed by atoms with van der Waals surface area (Å²) in [6.45, 7) is 4.77. The van der Waals surface area contributed by atoms with E-state index in [1.165, 1.54) is 25.7 Å². The Balaban J connectivity index is 2.11. The predicted molar refractivity (Wildman–Crippen MR) is 67.8 cm³/mol. The molecule has 0 aromatic rings. The van der Waals surface area contributed by atoms with Crippen LogP contribution in [0.5, 0.6) is 0 Å². The highest BCUT2D eigenvalue weighted by Crippen LogP contribution is 2.29. The zero-order chi connectivity index (χ0) is 12.5. The number of hydrogen-bond acceptors (Lipinski definition) is 4. The standard InChI is InChI=1S/C13H27NO3/c1-2-16-9-13(15)10-17-8-12-6-4-3-5-11(12)7-14/h11-13,15H,2-10,14H2,1H3. The van der Waals surface area contributed by atoms with Gasteiger partial charge < -0.3 is 20.3 Å². The molecule has 0 bridgehead atoms. The van der Waals surface area contributed by atoms with Crippen molar-refractivity contribution in [3.8, 4) is 0 Å². The Hall–Kier alpha value is -0.160. The third-order valence-corrected chi connectivity index (χ3v) is 3.53. The maximum atomic E-state index is 9.56. The summed E-state index contributed by atoms with van der Waals surface area (Å²) in [4.78, 5) is 0. The Labute approximate surface area is 104 Å². The van der Waals surface area contributed by atoms with Crippen molar-refractivity contribution in [2.45, 2.75) is 38.7 Å². The Kier molecular flexibility index (Phi) is 7.77. The molecule has 1 saturated carbocycles. The number of hydrogen-bond donors (Lipinski definition) is 2. The fourth-order valence-corrected chi connectivity index (χ4v) is 2.47. The topological polar surface area (TPSA) is 64.7 Å². The van der Waals surface area contributed by atoms with Gasteiger partial charge in [0.15, 0.2) is 0 Å². The highest BCUT2D eigenvalue weighted by Gasteiger charge is 2.24. The van der Waals surface area contributed by atoms with Gasteiger partial charge in [-0.25, -0.2) is 0 Å². The molecule has 3 atom stereocenters. The summed E-state index contributed by atoms with van der Waals surface area (Å²) in [7, 11) is 0. The lowest BCUT2D eigenvalue weighted by atomic mass is 9.80. The zero-order valence-corrected chi connectivity index (χ0v) is 10.9. The molecular formula is C13H27NO3. The molecule has 4 heteroatoms. The minimum Gasteiger partial charge on any atom is -0.388 e. The van der Waals surface area contributed by atoms with Gasteiger partial charge in [-0.15, -0.1) is 0 Å². The van der Waals surface area contributed by atoms with Gasteiger partial charge in [0.05, 0.1) is 13.2 Å². The van der Waals surface area contributed by atoms with Gasteiger partial charge in [0.1, 0.15) is 6.10 Å². The van der Waals surface area contributed by atoms with Crippen LogP contribution in [0.2, 0.25) is 0 Å². The lowest BCUT2D eigenvalue weighted by Gasteiger charge is -2.30. The highest BCUT2D eigenvalue weighted by molar-refractivity contribution is 4.75. The number of nitrogens with two attached hydrogens (primary N) is 1. The molecule has 0 aliphatic heterocycles. The zero-order valence-electron chi connectivity index (χ0n) is 10.9. The number of aliphatic hydroxyl groups is 1. The second-order valence-corrected chi connectivity index (χ2v) is 4.89. The largest absolute Gasteiger partial charge is 0.388 e. The summed E-state index contributed by atoms with van der Waals surface area (Å²) in [5, 5.41) is 9.56. The number of rotatable bonds is 8. The van der Waals surface area contributed by atoms with Crippen LogP contribution in [0.3, 0.4) is 0 Å². The fraction of sp³-hybridized carbons (Fsp3) is 1.00. The maximum Gasteiger partial charge on any atom is 0.101 e. The first-order chi connectivity index (χ1) is 8.27. The van der Waals surface area contributed by atoms with Crippen LogP contribution in [-0.2, 0) is 9.47 Å². The Morgan fingerprint density at radius 2 is 1.82 bits per heavy atom. The SMILES string of the molecule is CCOCC(O)COCC1CCCCC1CN. The van der Waals surface area contributed by atoms with Gasteiger partial charge >= 0.3 is 0 Å². The highest BCUT2D eigenvalue weighted by atomic mass is 16.5. The van der Waals surface area contributed by atoms with Crippen LogP contribution in [0.25, 0.3) is 0 Å². The molecule has 1 rings (SSSR count). The molecule has 0 aromatic carbocycles. The van der Waals surface area contributed by atoms with Crippen molar-refractivity contribution in [2.24, 2.45) is 17.6 Å². The third-order valence-electron chi connectivity index (χ3n) is 3.53. The Morgan fingerprint density at radius 3 is 2.47 bits per heavy atom. The van der Waals surface area contributed by atoms with Crippen molar-refractivity contribution in [1.82, 2.24) is 0 Å². The molecule has 0 spiro atoms. The quantitative estimate of drug-likeness (QED) is 0.673. The molecule has 1 aliphatic rings. The molecule has 0 saturated heterocycles. The minimum atomic E-state index is -0.505. The van der Waals surface area contributed by atoms with Gasteiger partial charge in [-0.3, -0.25) is 0 Å². The van der Waals surface area contributed by atoms with Gasteiger partial charge in [0, 0.05) is 13.2 Å². The smallest absolute Gasteiger partial charge is 0.101 e. The molecule has 0 heterocycles. The third kappa shape index (κ3) is 5.82. The second kappa shape index (κ2) is 8.86. The first-order valence-corrected chi connectivity index (χ1v) is 6.81.